The van der Waals surface area contributed by atoms with Crippen molar-refractivity contribution in [2.45, 2.75) is 6.10 Å². The largest absolute Gasteiger partial charge is 0.384 e. The summed E-state index contributed by atoms with van der Waals surface area (Å²) in [5.74, 6) is -0.311. The van der Waals surface area contributed by atoms with Gasteiger partial charge in [-0.2, -0.15) is 0 Å². The SMILES string of the molecule is C=CC(O)c1ccc(I)c(F)c1. The second-order valence-electron chi connectivity index (χ2n) is 2.35. The molecule has 0 aliphatic rings. The van der Waals surface area contributed by atoms with Gasteiger partial charge in [-0.05, 0) is 40.3 Å². The monoisotopic (exact) mass is 278 g/mol. The minimum atomic E-state index is -0.781. The van der Waals surface area contributed by atoms with Crippen LogP contribution in [0.5, 0.6) is 0 Å². The first kappa shape index (κ1) is 9.67. The molecule has 1 atom stereocenters. The normalized spacial score (nSPS) is 12.6. The highest BCUT2D eigenvalue weighted by atomic mass is 127. The number of halogens is 2. The lowest BCUT2D eigenvalue weighted by atomic mass is 10.1. The molecule has 1 rings (SSSR count). The van der Waals surface area contributed by atoms with E-state index in [0.717, 1.165) is 0 Å². The minimum absolute atomic E-state index is 0.311. The third kappa shape index (κ3) is 2.04. The Morgan fingerprint density at radius 1 is 1.58 bits per heavy atom. The van der Waals surface area contributed by atoms with E-state index >= 15 is 0 Å². The number of rotatable bonds is 2. The second-order valence-corrected chi connectivity index (χ2v) is 3.52. The molecule has 0 saturated heterocycles. The third-order valence-electron chi connectivity index (χ3n) is 1.51. The van der Waals surface area contributed by atoms with Gasteiger partial charge in [0.25, 0.3) is 0 Å². The van der Waals surface area contributed by atoms with Crippen LogP contribution in [0, 0.1) is 9.39 Å². The summed E-state index contributed by atoms with van der Waals surface area (Å²) in [6.07, 6.45) is 0.582. The number of aliphatic hydroxyl groups is 1. The standard InChI is InChI=1S/C9H8FIO/c1-2-9(12)6-3-4-8(11)7(10)5-6/h2-5,9,12H,1H2. The molecule has 0 radical (unpaired) electrons. The molecule has 0 spiro atoms. The van der Waals surface area contributed by atoms with E-state index in [1.54, 1.807) is 12.1 Å². The lowest BCUT2D eigenvalue weighted by Gasteiger charge is -2.05. The van der Waals surface area contributed by atoms with E-state index in [0.29, 0.717) is 9.13 Å². The Morgan fingerprint density at radius 2 is 2.25 bits per heavy atom. The van der Waals surface area contributed by atoms with Crippen LogP contribution in [0.15, 0.2) is 30.9 Å². The van der Waals surface area contributed by atoms with Crippen LogP contribution in [0.4, 0.5) is 4.39 Å². The highest BCUT2D eigenvalue weighted by molar-refractivity contribution is 14.1. The van der Waals surface area contributed by atoms with Crippen molar-refractivity contribution in [2.75, 3.05) is 0 Å². The van der Waals surface area contributed by atoms with Crippen LogP contribution in [-0.4, -0.2) is 5.11 Å². The van der Waals surface area contributed by atoms with E-state index in [4.69, 9.17) is 0 Å². The summed E-state index contributed by atoms with van der Waals surface area (Å²) in [5, 5.41) is 9.26. The van der Waals surface area contributed by atoms with Crippen LogP contribution in [0.3, 0.4) is 0 Å². The van der Waals surface area contributed by atoms with Crippen molar-refractivity contribution in [2.24, 2.45) is 0 Å². The predicted octanol–water partition coefficient (Wildman–Crippen LogP) is 2.65. The Balaban J connectivity index is 3.04. The number of hydrogen-bond acceptors (Lipinski definition) is 1. The first-order valence-corrected chi connectivity index (χ1v) is 4.48. The Bertz CT molecular complexity index is 299. The van der Waals surface area contributed by atoms with Crippen molar-refractivity contribution in [3.63, 3.8) is 0 Å². The quantitative estimate of drug-likeness (QED) is 0.651. The first-order chi connectivity index (χ1) is 5.65. The molecule has 3 heteroatoms. The molecule has 0 aromatic heterocycles. The van der Waals surface area contributed by atoms with E-state index in [9.17, 15) is 9.50 Å². The van der Waals surface area contributed by atoms with Crippen LogP contribution in [0.1, 0.15) is 11.7 Å². The molecule has 0 amide bonds. The van der Waals surface area contributed by atoms with Gasteiger partial charge in [0.05, 0.1) is 6.10 Å². The van der Waals surface area contributed by atoms with Crippen LogP contribution in [0.25, 0.3) is 0 Å². The van der Waals surface area contributed by atoms with E-state index in [1.165, 1.54) is 12.1 Å². The molecular weight excluding hydrogens is 270 g/mol. The zero-order valence-corrected chi connectivity index (χ0v) is 8.45. The smallest absolute Gasteiger partial charge is 0.136 e. The van der Waals surface area contributed by atoms with E-state index in [2.05, 4.69) is 6.58 Å². The summed E-state index contributed by atoms with van der Waals surface area (Å²) >= 11 is 1.89. The van der Waals surface area contributed by atoms with Gasteiger partial charge in [-0.3, -0.25) is 0 Å². The Labute approximate surface area is 84.1 Å². The molecule has 0 aliphatic heterocycles. The van der Waals surface area contributed by atoms with Crippen molar-refractivity contribution in [1.82, 2.24) is 0 Å². The average molecular weight is 278 g/mol. The van der Waals surface area contributed by atoms with Crippen molar-refractivity contribution >= 4 is 22.6 Å². The highest BCUT2D eigenvalue weighted by Gasteiger charge is 2.05. The van der Waals surface area contributed by atoms with Gasteiger partial charge in [-0.25, -0.2) is 4.39 Å². The molecular formula is C9H8FIO. The van der Waals surface area contributed by atoms with Gasteiger partial charge < -0.3 is 5.11 Å². The fourth-order valence-corrected chi connectivity index (χ4v) is 1.17. The number of benzene rings is 1. The number of aliphatic hydroxyl groups excluding tert-OH is 1. The zero-order chi connectivity index (χ0) is 9.14. The maximum Gasteiger partial charge on any atom is 0.136 e. The van der Waals surface area contributed by atoms with E-state index in [-0.39, 0.29) is 5.82 Å². The molecule has 1 aromatic carbocycles. The van der Waals surface area contributed by atoms with Crippen LogP contribution < -0.4 is 0 Å². The lowest BCUT2D eigenvalue weighted by Crippen LogP contribution is -1.94. The topological polar surface area (TPSA) is 20.2 Å². The van der Waals surface area contributed by atoms with Crippen molar-refractivity contribution in [1.29, 1.82) is 0 Å². The van der Waals surface area contributed by atoms with Crippen molar-refractivity contribution in [3.8, 4) is 0 Å². The van der Waals surface area contributed by atoms with Gasteiger partial charge in [0, 0.05) is 3.57 Å². The zero-order valence-electron chi connectivity index (χ0n) is 6.30. The Hall–Kier alpha value is -0.420. The molecule has 0 heterocycles. The van der Waals surface area contributed by atoms with Crippen LogP contribution in [-0.2, 0) is 0 Å². The Morgan fingerprint density at radius 3 is 2.75 bits per heavy atom. The minimum Gasteiger partial charge on any atom is -0.384 e. The maximum atomic E-state index is 12.9. The molecule has 1 aromatic rings. The van der Waals surface area contributed by atoms with Gasteiger partial charge in [0.15, 0.2) is 0 Å². The summed E-state index contributed by atoms with van der Waals surface area (Å²) in [6.45, 7) is 3.41. The summed E-state index contributed by atoms with van der Waals surface area (Å²) in [6, 6.07) is 4.61. The fourth-order valence-electron chi connectivity index (χ4n) is 0.832. The molecule has 1 unspecified atom stereocenters. The molecule has 12 heavy (non-hydrogen) atoms. The molecule has 0 saturated carbocycles. The Kier molecular flexibility index (Phi) is 3.22. The van der Waals surface area contributed by atoms with Gasteiger partial charge in [-0.1, -0.05) is 12.1 Å². The van der Waals surface area contributed by atoms with Crippen molar-refractivity contribution in [3.05, 3.63) is 45.8 Å². The molecule has 64 valence electrons. The van der Waals surface area contributed by atoms with Gasteiger partial charge in [-0.15, -0.1) is 6.58 Å². The summed E-state index contributed by atoms with van der Waals surface area (Å²) in [4.78, 5) is 0. The molecule has 1 N–H and O–H groups in total. The van der Waals surface area contributed by atoms with Crippen LogP contribution in [0.2, 0.25) is 0 Å². The average Bonchev–Trinajstić information content (AvgIpc) is 2.08. The maximum absolute atomic E-state index is 12.9. The van der Waals surface area contributed by atoms with E-state index in [1.807, 2.05) is 22.6 Å². The van der Waals surface area contributed by atoms with Gasteiger partial charge in [0.2, 0.25) is 0 Å². The second kappa shape index (κ2) is 4.00. The molecule has 0 aliphatic carbocycles. The predicted molar refractivity (Wildman–Crippen MR) is 54.3 cm³/mol. The van der Waals surface area contributed by atoms with Crippen LogP contribution >= 0.6 is 22.6 Å². The third-order valence-corrected chi connectivity index (χ3v) is 2.38. The van der Waals surface area contributed by atoms with E-state index < -0.39 is 6.10 Å². The summed E-state index contributed by atoms with van der Waals surface area (Å²) in [5.41, 5.74) is 0.530. The molecule has 0 fully saturated rings. The van der Waals surface area contributed by atoms with Gasteiger partial charge >= 0.3 is 0 Å². The van der Waals surface area contributed by atoms with Gasteiger partial charge in [0.1, 0.15) is 5.82 Å². The van der Waals surface area contributed by atoms with Crippen molar-refractivity contribution < 1.29 is 9.50 Å². The summed E-state index contributed by atoms with van der Waals surface area (Å²) < 4.78 is 13.5. The number of hydrogen-bond donors (Lipinski definition) is 1. The fraction of sp³-hybridized carbons (Fsp3) is 0.111. The molecule has 1 nitrogen and oxygen atoms in total. The molecule has 0 bridgehead atoms. The lowest BCUT2D eigenvalue weighted by molar-refractivity contribution is 0.228. The summed E-state index contributed by atoms with van der Waals surface area (Å²) in [7, 11) is 0. The first-order valence-electron chi connectivity index (χ1n) is 3.40. The highest BCUT2D eigenvalue weighted by Crippen LogP contribution is 2.18.